The molecule has 1 aromatic heterocycles. The van der Waals surface area contributed by atoms with E-state index in [0.29, 0.717) is 5.69 Å². The van der Waals surface area contributed by atoms with Gasteiger partial charge in [-0.25, -0.2) is 4.79 Å². The molecule has 0 aliphatic rings. The molecule has 0 aliphatic carbocycles. The molecule has 0 atom stereocenters. The first-order valence-electron chi connectivity index (χ1n) is 3.88. The Kier molecular flexibility index (Phi) is 2.86. The molecule has 0 unspecified atom stereocenters. The summed E-state index contributed by atoms with van der Waals surface area (Å²) in [5.41, 5.74) is 1.27. The van der Waals surface area contributed by atoms with Gasteiger partial charge in [0.1, 0.15) is 5.69 Å². The van der Waals surface area contributed by atoms with Crippen molar-refractivity contribution in [2.45, 2.75) is 19.8 Å². The van der Waals surface area contributed by atoms with Gasteiger partial charge in [-0.15, -0.1) is 0 Å². The number of halogens is 1. The van der Waals surface area contributed by atoms with Crippen LogP contribution in [0.4, 0.5) is 5.69 Å². The molecular formula is C8H10ClN3O. The minimum Gasteiger partial charge on any atom is -0.269 e. The Bertz CT molecular complexity index is 364. The van der Waals surface area contributed by atoms with Gasteiger partial charge in [0.05, 0.1) is 5.69 Å². The molecule has 0 amide bonds. The SMILES string of the molecule is CC(C)c1c(N=C=O)c(Cl)nn1C. The molecule has 0 saturated carbocycles. The Labute approximate surface area is 81.2 Å². The highest BCUT2D eigenvalue weighted by Gasteiger charge is 2.16. The zero-order chi connectivity index (χ0) is 10.0. The highest BCUT2D eigenvalue weighted by molar-refractivity contribution is 6.32. The van der Waals surface area contributed by atoms with E-state index in [0.717, 1.165) is 5.69 Å². The first-order chi connectivity index (χ1) is 6.07. The van der Waals surface area contributed by atoms with Gasteiger partial charge in [0.2, 0.25) is 6.08 Å². The van der Waals surface area contributed by atoms with E-state index < -0.39 is 0 Å². The number of aryl methyl sites for hydroxylation is 1. The van der Waals surface area contributed by atoms with Gasteiger partial charge >= 0.3 is 0 Å². The van der Waals surface area contributed by atoms with Crippen molar-refractivity contribution in [2.75, 3.05) is 0 Å². The van der Waals surface area contributed by atoms with Gasteiger partial charge in [-0.2, -0.15) is 10.1 Å². The molecular weight excluding hydrogens is 190 g/mol. The van der Waals surface area contributed by atoms with Crippen LogP contribution in [0.15, 0.2) is 4.99 Å². The van der Waals surface area contributed by atoms with Crippen molar-refractivity contribution in [2.24, 2.45) is 12.0 Å². The van der Waals surface area contributed by atoms with E-state index in [1.165, 1.54) is 6.08 Å². The second kappa shape index (κ2) is 3.73. The molecule has 1 heterocycles. The summed E-state index contributed by atoms with van der Waals surface area (Å²) in [5.74, 6) is 0.220. The zero-order valence-corrected chi connectivity index (χ0v) is 8.46. The number of carbonyl (C=O) groups excluding carboxylic acids is 1. The number of isocyanates is 1. The standard InChI is InChI=1S/C8H10ClN3O/c1-5(2)7-6(10-4-13)8(9)11-12(7)3/h5H,1-3H3. The largest absolute Gasteiger partial charge is 0.269 e. The van der Waals surface area contributed by atoms with Crippen molar-refractivity contribution < 1.29 is 4.79 Å². The van der Waals surface area contributed by atoms with Crippen LogP contribution in [0.2, 0.25) is 5.15 Å². The summed E-state index contributed by atoms with van der Waals surface area (Å²) in [7, 11) is 1.77. The number of hydrogen-bond acceptors (Lipinski definition) is 3. The van der Waals surface area contributed by atoms with E-state index in [-0.39, 0.29) is 11.1 Å². The van der Waals surface area contributed by atoms with Crippen molar-refractivity contribution >= 4 is 23.4 Å². The van der Waals surface area contributed by atoms with Gasteiger partial charge in [-0.05, 0) is 5.92 Å². The minimum absolute atomic E-state index is 0.220. The number of aromatic nitrogens is 2. The Hall–Kier alpha value is -1.12. The number of nitrogens with zero attached hydrogens (tertiary/aromatic N) is 3. The van der Waals surface area contributed by atoms with Crippen molar-refractivity contribution in [3.05, 3.63) is 10.8 Å². The Morgan fingerprint density at radius 2 is 2.23 bits per heavy atom. The lowest BCUT2D eigenvalue weighted by molar-refractivity contribution is 0.565. The number of aliphatic imine (C=N–C) groups is 1. The molecule has 0 radical (unpaired) electrons. The normalized spacial score (nSPS) is 10.2. The van der Waals surface area contributed by atoms with Crippen LogP contribution in [-0.4, -0.2) is 15.9 Å². The quantitative estimate of drug-likeness (QED) is 0.541. The lowest BCUT2D eigenvalue weighted by atomic mass is 10.1. The topological polar surface area (TPSA) is 47.2 Å². The molecule has 0 N–H and O–H groups in total. The molecule has 0 fully saturated rings. The van der Waals surface area contributed by atoms with E-state index in [2.05, 4.69) is 10.1 Å². The smallest absolute Gasteiger partial charge is 0.240 e. The van der Waals surface area contributed by atoms with Crippen LogP contribution in [0, 0.1) is 0 Å². The van der Waals surface area contributed by atoms with Crippen LogP contribution in [-0.2, 0) is 11.8 Å². The van der Waals surface area contributed by atoms with Gasteiger partial charge in [0.15, 0.2) is 5.15 Å². The molecule has 1 rings (SSSR count). The van der Waals surface area contributed by atoms with Crippen molar-refractivity contribution in [1.29, 1.82) is 0 Å². The van der Waals surface area contributed by atoms with Crippen LogP contribution < -0.4 is 0 Å². The molecule has 5 heteroatoms. The van der Waals surface area contributed by atoms with E-state index in [1.807, 2.05) is 13.8 Å². The van der Waals surface area contributed by atoms with E-state index in [4.69, 9.17) is 11.6 Å². The fourth-order valence-electron chi connectivity index (χ4n) is 1.29. The summed E-state index contributed by atoms with van der Waals surface area (Å²) in [6.07, 6.45) is 1.47. The van der Waals surface area contributed by atoms with Gasteiger partial charge in [0.25, 0.3) is 0 Å². The third kappa shape index (κ3) is 1.79. The molecule has 0 aliphatic heterocycles. The van der Waals surface area contributed by atoms with Crippen LogP contribution in [0.1, 0.15) is 25.5 Å². The lowest BCUT2D eigenvalue weighted by Gasteiger charge is -2.04. The minimum atomic E-state index is 0.220. The first-order valence-corrected chi connectivity index (χ1v) is 4.26. The van der Waals surface area contributed by atoms with E-state index >= 15 is 0 Å². The molecule has 0 bridgehead atoms. The summed E-state index contributed by atoms with van der Waals surface area (Å²) in [6, 6.07) is 0. The van der Waals surface area contributed by atoms with Crippen LogP contribution in [0.5, 0.6) is 0 Å². The van der Waals surface area contributed by atoms with Crippen LogP contribution in [0.3, 0.4) is 0 Å². The predicted molar refractivity (Wildman–Crippen MR) is 50.1 cm³/mol. The number of rotatable bonds is 2. The fraction of sp³-hybridized carbons (Fsp3) is 0.500. The van der Waals surface area contributed by atoms with Crippen molar-refractivity contribution in [3.63, 3.8) is 0 Å². The summed E-state index contributed by atoms with van der Waals surface area (Å²) in [6.45, 7) is 3.97. The maximum absolute atomic E-state index is 10.1. The molecule has 4 nitrogen and oxygen atoms in total. The second-order valence-corrected chi connectivity index (χ2v) is 3.36. The summed E-state index contributed by atoms with van der Waals surface area (Å²) >= 11 is 5.77. The van der Waals surface area contributed by atoms with Crippen LogP contribution >= 0.6 is 11.6 Å². The van der Waals surface area contributed by atoms with Crippen molar-refractivity contribution in [3.8, 4) is 0 Å². The molecule has 13 heavy (non-hydrogen) atoms. The Morgan fingerprint density at radius 3 is 2.69 bits per heavy atom. The average Bonchev–Trinajstić information content (AvgIpc) is 2.27. The third-order valence-electron chi connectivity index (χ3n) is 1.73. The average molecular weight is 200 g/mol. The molecule has 0 aromatic carbocycles. The van der Waals surface area contributed by atoms with Crippen LogP contribution in [0.25, 0.3) is 0 Å². The maximum atomic E-state index is 10.1. The Morgan fingerprint density at radius 1 is 1.62 bits per heavy atom. The second-order valence-electron chi connectivity index (χ2n) is 3.01. The van der Waals surface area contributed by atoms with Gasteiger partial charge in [-0.3, -0.25) is 4.68 Å². The highest BCUT2D eigenvalue weighted by atomic mass is 35.5. The van der Waals surface area contributed by atoms with Crippen molar-refractivity contribution in [1.82, 2.24) is 9.78 Å². The molecule has 1 aromatic rings. The number of hydrogen-bond donors (Lipinski definition) is 0. The monoisotopic (exact) mass is 199 g/mol. The molecule has 0 saturated heterocycles. The van der Waals surface area contributed by atoms with E-state index in [1.54, 1.807) is 11.7 Å². The Balaban J connectivity index is 3.37. The molecule has 70 valence electrons. The maximum Gasteiger partial charge on any atom is 0.240 e. The lowest BCUT2D eigenvalue weighted by Crippen LogP contribution is -1.99. The summed E-state index contributed by atoms with van der Waals surface area (Å²) < 4.78 is 1.63. The summed E-state index contributed by atoms with van der Waals surface area (Å²) in [4.78, 5) is 13.7. The van der Waals surface area contributed by atoms with E-state index in [9.17, 15) is 4.79 Å². The zero-order valence-electron chi connectivity index (χ0n) is 7.71. The third-order valence-corrected chi connectivity index (χ3v) is 1.98. The highest BCUT2D eigenvalue weighted by Crippen LogP contribution is 2.32. The molecule has 0 spiro atoms. The first kappa shape index (κ1) is 9.96. The van der Waals surface area contributed by atoms with Gasteiger partial charge in [0, 0.05) is 7.05 Å². The fourth-order valence-corrected chi connectivity index (χ4v) is 1.54. The predicted octanol–water partition coefficient (Wildman–Crippen LogP) is 2.16. The van der Waals surface area contributed by atoms with Gasteiger partial charge < -0.3 is 0 Å². The summed E-state index contributed by atoms with van der Waals surface area (Å²) in [5, 5.41) is 4.21. The van der Waals surface area contributed by atoms with Gasteiger partial charge in [-0.1, -0.05) is 25.4 Å².